The number of allylic oxidation sites excluding steroid dienone is 1. The zero-order chi connectivity index (χ0) is 22.6. The van der Waals surface area contributed by atoms with Gasteiger partial charge in [-0.05, 0) is 48.2 Å². The Kier molecular flexibility index (Phi) is 7.39. The third kappa shape index (κ3) is 5.46. The lowest BCUT2D eigenvalue weighted by atomic mass is 9.87. The highest BCUT2D eigenvalue weighted by Gasteiger charge is 2.19. The van der Waals surface area contributed by atoms with Crippen LogP contribution < -0.4 is 31.4 Å². The average molecular weight is 477 g/mol. The minimum Gasteiger partial charge on any atom is -0.497 e. The van der Waals surface area contributed by atoms with E-state index in [9.17, 15) is 4.79 Å². The summed E-state index contributed by atoms with van der Waals surface area (Å²) >= 11 is 3.50. The number of carbonyl (C=O) groups is 1. The molecule has 30 heavy (non-hydrogen) atoms. The normalized spacial score (nSPS) is 12.1. The number of amides is 1. The molecule has 8 heteroatoms. The van der Waals surface area contributed by atoms with Gasteiger partial charge in [-0.1, -0.05) is 36.7 Å². The van der Waals surface area contributed by atoms with E-state index in [1.807, 2.05) is 18.2 Å². The Morgan fingerprint density at radius 1 is 1.10 bits per heavy atom. The Hall–Kier alpha value is -2.71. The first-order valence-electron chi connectivity index (χ1n) is 9.33. The van der Waals surface area contributed by atoms with Crippen molar-refractivity contribution in [1.82, 2.24) is 0 Å². The Morgan fingerprint density at radius 3 is 2.33 bits per heavy atom. The zero-order valence-electron chi connectivity index (χ0n) is 18.2. The zero-order valence-corrected chi connectivity index (χ0v) is 19.8. The number of nitrogens with zero attached hydrogens (tertiary/aromatic N) is 1. The largest absolute Gasteiger partial charge is 0.497 e. The number of ether oxygens (including phenoxy) is 2. The van der Waals surface area contributed by atoms with Crippen LogP contribution in [0.4, 0.5) is 11.4 Å². The monoisotopic (exact) mass is 476 g/mol. The molecule has 0 spiro atoms. The summed E-state index contributed by atoms with van der Waals surface area (Å²) in [6.07, 6.45) is 0. The average Bonchev–Trinajstić information content (AvgIpc) is 2.70. The second-order valence-corrected chi connectivity index (χ2v) is 8.76. The molecule has 5 N–H and O–H groups in total. The highest BCUT2D eigenvalue weighted by atomic mass is 79.9. The molecule has 0 radical (unpaired) electrons. The van der Waals surface area contributed by atoms with Crippen molar-refractivity contribution in [3.05, 3.63) is 57.8 Å². The van der Waals surface area contributed by atoms with Crippen molar-refractivity contribution in [2.75, 3.05) is 24.5 Å². The number of methoxy groups -OCH3 is 2. The molecule has 0 aliphatic heterocycles. The molecule has 0 aliphatic carbocycles. The molecule has 0 unspecified atom stereocenters. The van der Waals surface area contributed by atoms with Crippen LogP contribution in [0, 0.1) is 0 Å². The summed E-state index contributed by atoms with van der Waals surface area (Å²) in [7, 11) is 3.09. The van der Waals surface area contributed by atoms with Gasteiger partial charge >= 0.3 is 0 Å². The SMILES string of the molecule is COc1ccc(OC)c(N(N)/C(C)=C(\N)C(=O)Nc2cc(Br)cc(C(C)(C)C)c2)c1. The van der Waals surface area contributed by atoms with E-state index in [2.05, 4.69) is 42.0 Å². The summed E-state index contributed by atoms with van der Waals surface area (Å²) in [5.74, 6) is 6.91. The molecule has 0 bridgehead atoms. The van der Waals surface area contributed by atoms with Crippen molar-refractivity contribution in [3.63, 3.8) is 0 Å². The Labute approximate surface area is 186 Å². The van der Waals surface area contributed by atoms with E-state index in [4.69, 9.17) is 21.1 Å². The van der Waals surface area contributed by atoms with Crippen molar-refractivity contribution in [1.29, 1.82) is 0 Å². The van der Waals surface area contributed by atoms with Crippen molar-refractivity contribution >= 4 is 33.2 Å². The maximum Gasteiger partial charge on any atom is 0.273 e. The van der Waals surface area contributed by atoms with Gasteiger partial charge < -0.3 is 20.5 Å². The van der Waals surface area contributed by atoms with Crippen LogP contribution in [0.2, 0.25) is 0 Å². The summed E-state index contributed by atoms with van der Waals surface area (Å²) in [6.45, 7) is 7.97. The fraction of sp³-hybridized carbons (Fsp3) is 0.318. The molecule has 2 aromatic rings. The maximum absolute atomic E-state index is 12.8. The smallest absolute Gasteiger partial charge is 0.273 e. The second-order valence-electron chi connectivity index (χ2n) is 7.84. The molecular weight excluding hydrogens is 448 g/mol. The van der Waals surface area contributed by atoms with Crippen LogP contribution in [-0.2, 0) is 10.2 Å². The predicted octanol–water partition coefficient (Wildman–Crippen LogP) is 4.27. The van der Waals surface area contributed by atoms with E-state index in [-0.39, 0.29) is 11.1 Å². The molecule has 2 rings (SSSR count). The van der Waals surface area contributed by atoms with Gasteiger partial charge in [-0.15, -0.1) is 0 Å². The number of benzene rings is 2. The van der Waals surface area contributed by atoms with E-state index in [0.717, 1.165) is 10.0 Å². The number of hydrazine groups is 1. The number of anilines is 2. The van der Waals surface area contributed by atoms with Crippen LogP contribution >= 0.6 is 15.9 Å². The number of rotatable bonds is 6. The lowest BCUT2D eigenvalue weighted by molar-refractivity contribution is -0.113. The molecule has 0 aliphatic rings. The number of hydrogen-bond donors (Lipinski definition) is 3. The fourth-order valence-electron chi connectivity index (χ4n) is 2.75. The molecule has 1 amide bonds. The number of nitrogens with one attached hydrogen (secondary N) is 1. The standard InChI is InChI=1S/C22H29BrN4O3/c1-13(27(25)18-12-17(29-5)7-8-19(18)30-6)20(24)21(28)26-16-10-14(22(2,3)4)9-15(23)11-16/h7-12H,24-25H2,1-6H3,(H,26,28)/b20-13-. The highest BCUT2D eigenvalue weighted by molar-refractivity contribution is 9.10. The van der Waals surface area contributed by atoms with Gasteiger partial charge in [-0.25, -0.2) is 5.84 Å². The highest BCUT2D eigenvalue weighted by Crippen LogP contribution is 2.33. The molecule has 2 aromatic carbocycles. The van der Waals surface area contributed by atoms with E-state index >= 15 is 0 Å². The van der Waals surface area contributed by atoms with Crippen LogP contribution in [0.5, 0.6) is 11.5 Å². The molecule has 0 atom stereocenters. The van der Waals surface area contributed by atoms with E-state index < -0.39 is 5.91 Å². The lowest BCUT2D eigenvalue weighted by Crippen LogP contribution is -2.34. The Bertz CT molecular complexity index is 967. The van der Waals surface area contributed by atoms with Gasteiger partial charge in [0.1, 0.15) is 22.9 Å². The Morgan fingerprint density at radius 2 is 1.77 bits per heavy atom. The second kappa shape index (κ2) is 9.40. The summed E-state index contributed by atoms with van der Waals surface area (Å²) in [6, 6.07) is 11.0. The van der Waals surface area contributed by atoms with Crippen LogP contribution in [0.25, 0.3) is 0 Å². The van der Waals surface area contributed by atoms with Gasteiger partial charge in [0.25, 0.3) is 5.91 Å². The van der Waals surface area contributed by atoms with Gasteiger partial charge in [0.05, 0.1) is 19.9 Å². The summed E-state index contributed by atoms with van der Waals surface area (Å²) in [4.78, 5) is 12.8. The van der Waals surface area contributed by atoms with Gasteiger partial charge in [0.15, 0.2) is 0 Å². The topological polar surface area (TPSA) is 103 Å². The van der Waals surface area contributed by atoms with E-state index in [1.54, 1.807) is 32.2 Å². The number of hydrogen-bond acceptors (Lipinski definition) is 6. The van der Waals surface area contributed by atoms with Crippen LogP contribution in [0.3, 0.4) is 0 Å². The first-order chi connectivity index (χ1) is 14.0. The predicted molar refractivity (Wildman–Crippen MR) is 125 cm³/mol. The van der Waals surface area contributed by atoms with Gasteiger partial charge in [0, 0.05) is 16.2 Å². The van der Waals surface area contributed by atoms with E-state index in [1.165, 1.54) is 12.1 Å². The van der Waals surface area contributed by atoms with Crippen molar-refractivity contribution < 1.29 is 14.3 Å². The molecular formula is C22H29BrN4O3. The number of halogens is 1. The van der Waals surface area contributed by atoms with Crippen LogP contribution in [0.1, 0.15) is 33.3 Å². The quantitative estimate of drug-likeness (QED) is 0.326. The van der Waals surface area contributed by atoms with E-state index in [0.29, 0.717) is 28.6 Å². The summed E-state index contributed by atoms with van der Waals surface area (Å²) in [5.41, 5.74) is 8.64. The van der Waals surface area contributed by atoms with Gasteiger partial charge in [-0.3, -0.25) is 9.80 Å². The minimum atomic E-state index is -0.456. The van der Waals surface area contributed by atoms with Gasteiger partial charge in [-0.2, -0.15) is 0 Å². The van der Waals surface area contributed by atoms with Crippen LogP contribution in [-0.4, -0.2) is 20.1 Å². The summed E-state index contributed by atoms with van der Waals surface area (Å²) in [5, 5.41) is 4.15. The maximum atomic E-state index is 12.8. The molecule has 0 aromatic heterocycles. The van der Waals surface area contributed by atoms with Crippen molar-refractivity contribution in [2.24, 2.45) is 11.6 Å². The molecule has 7 nitrogen and oxygen atoms in total. The summed E-state index contributed by atoms with van der Waals surface area (Å²) < 4.78 is 11.5. The first-order valence-corrected chi connectivity index (χ1v) is 10.1. The third-order valence-corrected chi connectivity index (χ3v) is 5.12. The third-order valence-electron chi connectivity index (χ3n) is 4.66. The van der Waals surface area contributed by atoms with Crippen molar-refractivity contribution in [2.45, 2.75) is 33.1 Å². The van der Waals surface area contributed by atoms with Gasteiger partial charge in [0.2, 0.25) is 0 Å². The Balaban J connectivity index is 2.34. The fourth-order valence-corrected chi connectivity index (χ4v) is 3.25. The number of nitrogens with two attached hydrogens (primary N) is 2. The lowest BCUT2D eigenvalue weighted by Gasteiger charge is -2.24. The first kappa shape index (κ1) is 23.6. The molecule has 0 fully saturated rings. The molecule has 0 saturated carbocycles. The molecule has 0 heterocycles. The van der Waals surface area contributed by atoms with Crippen molar-refractivity contribution in [3.8, 4) is 11.5 Å². The number of carbonyl (C=O) groups excluding carboxylic acids is 1. The molecule has 162 valence electrons. The van der Waals surface area contributed by atoms with Crippen LogP contribution in [0.15, 0.2) is 52.3 Å². The molecule has 0 saturated heterocycles. The minimum absolute atomic E-state index is 0.0142.